The van der Waals surface area contributed by atoms with Gasteiger partial charge >= 0.3 is 0 Å². The van der Waals surface area contributed by atoms with Crippen molar-refractivity contribution in [2.24, 2.45) is 0 Å². The molecule has 2 rings (SSSR count). The quantitative estimate of drug-likeness (QED) is 0.785. The van der Waals surface area contributed by atoms with E-state index in [-0.39, 0.29) is 18.8 Å². The molecule has 2 N–H and O–H groups in total. The molecule has 0 radical (unpaired) electrons. The molecule has 106 valence electrons. The van der Waals surface area contributed by atoms with E-state index in [9.17, 15) is 9.59 Å². The summed E-state index contributed by atoms with van der Waals surface area (Å²) >= 11 is 3.35. The molecule has 0 spiro atoms. The third kappa shape index (κ3) is 2.83. The summed E-state index contributed by atoms with van der Waals surface area (Å²) in [6.45, 7) is -0.278. The maximum Gasteiger partial charge on any atom is 0.277 e. The fourth-order valence-electron chi connectivity index (χ4n) is 1.78. The second-order valence-electron chi connectivity index (χ2n) is 4.05. The molecule has 0 aromatic heterocycles. The lowest BCUT2D eigenvalue weighted by Gasteiger charge is -2.14. The Labute approximate surface area is 124 Å². The number of hydrogen-bond donors (Lipinski definition) is 2. The van der Waals surface area contributed by atoms with Crippen LogP contribution >= 0.6 is 15.9 Å². The first-order chi connectivity index (χ1) is 9.56. The number of aliphatic hydroxyl groups excluding tert-OH is 1. The molecule has 7 heteroatoms. The first-order valence-electron chi connectivity index (χ1n) is 5.85. The van der Waals surface area contributed by atoms with Crippen LogP contribution in [0.2, 0.25) is 0 Å². The fourth-order valence-corrected chi connectivity index (χ4v) is 2.13. The highest BCUT2D eigenvalue weighted by Crippen LogP contribution is 2.29. The third-order valence-electron chi connectivity index (χ3n) is 2.78. The lowest BCUT2D eigenvalue weighted by Crippen LogP contribution is -2.34. The number of hydrogen-bond acceptors (Lipinski definition) is 5. The molecule has 0 unspecified atom stereocenters. The summed E-state index contributed by atoms with van der Waals surface area (Å²) in [5.41, 5.74) is 0.778. The molecule has 20 heavy (non-hydrogen) atoms. The van der Waals surface area contributed by atoms with E-state index in [1.54, 1.807) is 25.3 Å². The van der Waals surface area contributed by atoms with E-state index in [1.165, 1.54) is 6.08 Å². The van der Waals surface area contributed by atoms with Crippen LogP contribution < -0.4 is 10.1 Å². The number of nitrogens with one attached hydrogen (secondary N) is 1. The van der Waals surface area contributed by atoms with Crippen LogP contribution in [0.25, 0.3) is 0 Å². The molecular formula is C13H13BrN2O4. The van der Waals surface area contributed by atoms with Crippen LogP contribution in [-0.4, -0.2) is 42.1 Å². The van der Waals surface area contributed by atoms with Crippen molar-refractivity contribution in [3.63, 3.8) is 0 Å². The number of methoxy groups -OCH3 is 1. The lowest BCUT2D eigenvalue weighted by molar-refractivity contribution is -0.137. The third-order valence-corrected chi connectivity index (χ3v) is 3.47. The summed E-state index contributed by atoms with van der Waals surface area (Å²) in [5, 5.41) is 11.7. The number of imide groups is 1. The van der Waals surface area contributed by atoms with Gasteiger partial charge in [-0.15, -0.1) is 0 Å². The molecule has 1 aromatic carbocycles. The predicted molar refractivity (Wildman–Crippen MR) is 76.2 cm³/mol. The molecular weight excluding hydrogens is 328 g/mol. The molecule has 1 aromatic rings. The molecule has 2 amide bonds. The number of amides is 2. The van der Waals surface area contributed by atoms with Gasteiger partial charge in [0.15, 0.2) is 0 Å². The van der Waals surface area contributed by atoms with Crippen LogP contribution in [0.1, 0.15) is 0 Å². The Bertz CT molecular complexity index is 586. The number of rotatable bonds is 5. The Morgan fingerprint density at radius 1 is 1.40 bits per heavy atom. The molecule has 0 aliphatic carbocycles. The number of halogens is 1. The summed E-state index contributed by atoms with van der Waals surface area (Å²) in [4.78, 5) is 24.6. The van der Waals surface area contributed by atoms with E-state index in [0.717, 1.165) is 9.37 Å². The maximum absolute atomic E-state index is 12.0. The average Bonchev–Trinajstić information content (AvgIpc) is 2.69. The zero-order chi connectivity index (χ0) is 14.7. The molecule has 0 atom stereocenters. The van der Waals surface area contributed by atoms with E-state index in [1.807, 2.05) is 0 Å². The van der Waals surface area contributed by atoms with Crippen LogP contribution in [0, 0.1) is 0 Å². The van der Waals surface area contributed by atoms with E-state index < -0.39 is 11.8 Å². The Hall–Kier alpha value is -1.86. The smallest absolute Gasteiger partial charge is 0.277 e. The number of ether oxygens (including phenoxy) is 1. The summed E-state index contributed by atoms with van der Waals surface area (Å²) in [6, 6.07) is 5.25. The zero-order valence-corrected chi connectivity index (χ0v) is 12.3. The van der Waals surface area contributed by atoms with Gasteiger partial charge in [0, 0.05) is 16.6 Å². The van der Waals surface area contributed by atoms with Gasteiger partial charge in [-0.2, -0.15) is 0 Å². The number of carbonyl (C=O) groups excluding carboxylic acids is 2. The van der Waals surface area contributed by atoms with Crippen molar-refractivity contribution in [1.82, 2.24) is 4.90 Å². The van der Waals surface area contributed by atoms with Gasteiger partial charge < -0.3 is 15.2 Å². The molecule has 1 aliphatic heterocycles. The van der Waals surface area contributed by atoms with Gasteiger partial charge in [0.05, 0.1) is 25.9 Å². The topological polar surface area (TPSA) is 78.9 Å². The molecule has 1 aliphatic rings. The summed E-state index contributed by atoms with van der Waals surface area (Å²) in [7, 11) is 1.54. The fraction of sp³-hybridized carbons (Fsp3) is 0.231. The first kappa shape index (κ1) is 14.5. The minimum atomic E-state index is -0.459. The summed E-state index contributed by atoms with van der Waals surface area (Å²) in [5.74, 6) is -0.273. The maximum atomic E-state index is 12.0. The van der Waals surface area contributed by atoms with Crippen LogP contribution in [-0.2, 0) is 9.59 Å². The minimum Gasteiger partial charge on any atom is -0.497 e. The van der Waals surface area contributed by atoms with Gasteiger partial charge in [-0.05, 0) is 28.1 Å². The van der Waals surface area contributed by atoms with Crippen molar-refractivity contribution >= 4 is 33.4 Å². The van der Waals surface area contributed by atoms with Gasteiger partial charge in [-0.25, -0.2) is 0 Å². The Kier molecular flexibility index (Phi) is 4.41. The molecule has 0 fully saturated rings. The molecule has 1 heterocycles. The molecule has 0 saturated carbocycles. The van der Waals surface area contributed by atoms with Crippen molar-refractivity contribution in [2.75, 3.05) is 25.6 Å². The van der Waals surface area contributed by atoms with Crippen LogP contribution in [0.3, 0.4) is 0 Å². The second kappa shape index (κ2) is 6.06. The Morgan fingerprint density at radius 2 is 2.15 bits per heavy atom. The van der Waals surface area contributed by atoms with Gasteiger partial charge in [0.25, 0.3) is 11.8 Å². The van der Waals surface area contributed by atoms with Crippen molar-refractivity contribution < 1.29 is 19.4 Å². The normalized spacial score (nSPS) is 14.6. The second-order valence-corrected chi connectivity index (χ2v) is 4.90. The monoisotopic (exact) mass is 340 g/mol. The SMILES string of the molecule is COc1ccc(Br)c(NC2=CC(=O)N(CCO)C2=O)c1. The van der Waals surface area contributed by atoms with Gasteiger partial charge in [-0.3, -0.25) is 14.5 Å². The molecule has 0 saturated heterocycles. The number of carbonyl (C=O) groups is 2. The van der Waals surface area contributed by atoms with Crippen LogP contribution in [0.5, 0.6) is 5.75 Å². The summed E-state index contributed by atoms with van der Waals surface area (Å²) in [6.07, 6.45) is 1.21. The van der Waals surface area contributed by atoms with E-state index in [2.05, 4.69) is 21.2 Å². The van der Waals surface area contributed by atoms with Crippen molar-refractivity contribution in [3.05, 3.63) is 34.4 Å². The summed E-state index contributed by atoms with van der Waals surface area (Å²) < 4.78 is 5.84. The van der Waals surface area contributed by atoms with Crippen molar-refractivity contribution in [3.8, 4) is 5.75 Å². The van der Waals surface area contributed by atoms with Crippen LogP contribution in [0.15, 0.2) is 34.4 Å². The number of benzene rings is 1. The first-order valence-corrected chi connectivity index (χ1v) is 6.65. The number of nitrogens with zero attached hydrogens (tertiary/aromatic N) is 1. The number of aliphatic hydroxyl groups is 1. The van der Waals surface area contributed by atoms with E-state index >= 15 is 0 Å². The molecule has 6 nitrogen and oxygen atoms in total. The Balaban J connectivity index is 2.21. The van der Waals surface area contributed by atoms with E-state index in [0.29, 0.717) is 11.4 Å². The number of anilines is 1. The van der Waals surface area contributed by atoms with Gasteiger partial charge in [0.1, 0.15) is 11.4 Å². The highest BCUT2D eigenvalue weighted by atomic mass is 79.9. The highest BCUT2D eigenvalue weighted by molar-refractivity contribution is 9.10. The van der Waals surface area contributed by atoms with Gasteiger partial charge in [-0.1, -0.05) is 0 Å². The highest BCUT2D eigenvalue weighted by Gasteiger charge is 2.30. The minimum absolute atomic E-state index is 0.0153. The average molecular weight is 341 g/mol. The van der Waals surface area contributed by atoms with Crippen molar-refractivity contribution in [2.45, 2.75) is 0 Å². The van der Waals surface area contributed by atoms with Gasteiger partial charge in [0.2, 0.25) is 0 Å². The predicted octanol–water partition coefficient (Wildman–Crippen LogP) is 1.11. The Morgan fingerprint density at radius 3 is 2.80 bits per heavy atom. The largest absolute Gasteiger partial charge is 0.497 e. The molecule has 0 bridgehead atoms. The lowest BCUT2D eigenvalue weighted by atomic mass is 10.3. The standard InChI is InChI=1S/C13H13BrN2O4/c1-20-8-2-3-9(14)10(6-8)15-11-7-12(18)16(4-5-17)13(11)19/h2-3,6-7,15,17H,4-5H2,1H3. The number of β-amino-alcohol motifs (C(OH)–C–C–N with tert-alkyl or cyclic N) is 1. The van der Waals surface area contributed by atoms with E-state index in [4.69, 9.17) is 9.84 Å². The van der Waals surface area contributed by atoms with Crippen LogP contribution in [0.4, 0.5) is 5.69 Å². The zero-order valence-electron chi connectivity index (χ0n) is 10.7. The van der Waals surface area contributed by atoms with Crippen molar-refractivity contribution in [1.29, 1.82) is 0 Å².